The van der Waals surface area contributed by atoms with Crippen LogP contribution in [0.3, 0.4) is 0 Å². The number of nitrogens with one attached hydrogen (secondary N) is 1. The molecule has 96 valence electrons. The fourth-order valence-corrected chi connectivity index (χ4v) is 2.61. The van der Waals surface area contributed by atoms with Crippen molar-refractivity contribution in [3.05, 3.63) is 45.1 Å². The van der Waals surface area contributed by atoms with E-state index in [0.717, 1.165) is 29.6 Å². The molecule has 0 fully saturated rings. The van der Waals surface area contributed by atoms with Gasteiger partial charge in [-0.3, -0.25) is 9.97 Å². The number of nitrogens with zero attached hydrogens (tertiary/aromatic N) is 2. The molecule has 0 aliphatic carbocycles. The molecule has 0 amide bonds. The first kappa shape index (κ1) is 13.6. The van der Waals surface area contributed by atoms with E-state index in [4.69, 9.17) is 0 Å². The molecule has 0 spiro atoms. The summed E-state index contributed by atoms with van der Waals surface area (Å²) in [6, 6.07) is 4.37. The molecule has 0 aromatic carbocycles. The van der Waals surface area contributed by atoms with Crippen molar-refractivity contribution >= 4 is 27.3 Å². The smallest absolute Gasteiger partial charge is 0.0794 e. The van der Waals surface area contributed by atoms with Crippen LogP contribution in [0.1, 0.15) is 30.0 Å². The van der Waals surface area contributed by atoms with Gasteiger partial charge in [0.2, 0.25) is 0 Å². The monoisotopic (exact) mass is 325 g/mol. The second kappa shape index (κ2) is 6.97. The van der Waals surface area contributed by atoms with Crippen molar-refractivity contribution in [3.63, 3.8) is 0 Å². The summed E-state index contributed by atoms with van der Waals surface area (Å²) in [6.45, 7) is 3.17. The molecule has 2 heterocycles. The summed E-state index contributed by atoms with van der Waals surface area (Å²) in [6.07, 6.45) is 5.85. The Hall–Kier alpha value is -0.780. The first-order valence-corrected chi connectivity index (χ1v) is 7.69. The van der Waals surface area contributed by atoms with E-state index in [2.05, 4.69) is 44.2 Å². The number of halogens is 1. The Balaban J connectivity index is 2.11. The second-order valence-electron chi connectivity index (χ2n) is 4.08. The van der Waals surface area contributed by atoms with Gasteiger partial charge in [-0.1, -0.05) is 6.92 Å². The van der Waals surface area contributed by atoms with E-state index in [0.29, 0.717) is 0 Å². The SMILES string of the molecule is CCCNC(Cc1cncs1)c1ccc(Br)cn1. The van der Waals surface area contributed by atoms with E-state index in [9.17, 15) is 0 Å². The number of aromatic nitrogens is 2. The maximum atomic E-state index is 4.49. The van der Waals surface area contributed by atoms with Crippen molar-refractivity contribution in [1.82, 2.24) is 15.3 Å². The zero-order valence-corrected chi connectivity index (χ0v) is 12.7. The lowest BCUT2D eigenvalue weighted by atomic mass is 10.1. The molecule has 1 N–H and O–H groups in total. The Bertz CT molecular complexity index is 456. The van der Waals surface area contributed by atoms with Crippen LogP contribution >= 0.6 is 27.3 Å². The predicted molar refractivity (Wildman–Crippen MR) is 78.8 cm³/mol. The van der Waals surface area contributed by atoms with Crippen molar-refractivity contribution in [3.8, 4) is 0 Å². The largest absolute Gasteiger partial charge is 0.308 e. The summed E-state index contributed by atoms with van der Waals surface area (Å²) in [5.41, 5.74) is 2.96. The Morgan fingerprint density at radius 1 is 1.39 bits per heavy atom. The van der Waals surface area contributed by atoms with E-state index in [1.165, 1.54) is 4.88 Å². The predicted octanol–water partition coefficient (Wildman–Crippen LogP) is 3.58. The third kappa shape index (κ3) is 3.86. The zero-order chi connectivity index (χ0) is 12.8. The molecule has 5 heteroatoms. The molecule has 0 saturated heterocycles. The molecular weight excluding hydrogens is 310 g/mol. The van der Waals surface area contributed by atoms with Crippen molar-refractivity contribution in [2.24, 2.45) is 0 Å². The van der Waals surface area contributed by atoms with Crippen molar-refractivity contribution < 1.29 is 0 Å². The Labute approximate surface area is 120 Å². The molecule has 1 atom stereocenters. The summed E-state index contributed by atoms with van der Waals surface area (Å²) in [4.78, 5) is 9.90. The van der Waals surface area contributed by atoms with Gasteiger partial charge in [0, 0.05) is 28.2 Å². The van der Waals surface area contributed by atoms with Crippen molar-refractivity contribution in [1.29, 1.82) is 0 Å². The molecule has 2 aromatic heterocycles. The summed E-state index contributed by atoms with van der Waals surface area (Å²) < 4.78 is 1.01. The third-order valence-corrected chi connectivity index (χ3v) is 3.91. The Kier molecular flexibility index (Phi) is 5.28. The third-order valence-electron chi connectivity index (χ3n) is 2.64. The van der Waals surface area contributed by atoms with Gasteiger partial charge >= 0.3 is 0 Å². The summed E-state index contributed by atoms with van der Waals surface area (Å²) in [5.74, 6) is 0. The minimum atomic E-state index is 0.262. The van der Waals surface area contributed by atoms with Gasteiger partial charge < -0.3 is 5.32 Å². The highest BCUT2D eigenvalue weighted by atomic mass is 79.9. The van der Waals surface area contributed by atoms with Gasteiger partial charge in [0.25, 0.3) is 0 Å². The van der Waals surface area contributed by atoms with Crippen molar-refractivity contribution in [2.45, 2.75) is 25.8 Å². The molecular formula is C13H16BrN3S. The van der Waals surface area contributed by atoms with Crippen LogP contribution in [0.25, 0.3) is 0 Å². The van der Waals surface area contributed by atoms with Gasteiger partial charge in [-0.2, -0.15) is 0 Å². The fourth-order valence-electron chi connectivity index (χ4n) is 1.74. The molecule has 0 saturated carbocycles. The van der Waals surface area contributed by atoms with Crippen LogP contribution in [0.4, 0.5) is 0 Å². The molecule has 0 aliphatic rings. The first-order chi connectivity index (χ1) is 8.79. The average molecular weight is 326 g/mol. The number of thiazole rings is 1. The van der Waals surface area contributed by atoms with Crippen LogP contribution in [0.2, 0.25) is 0 Å². The lowest BCUT2D eigenvalue weighted by Crippen LogP contribution is -2.24. The van der Waals surface area contributed by atoms with Gasteiger partial charge in [0.05, 0.1) is 17.2 Å². The molecule has 3 nitrogen and oxygen atoms in total. The van der Waals surface area contributed by atoms with Crippen LogP contribution < -0.4 is 5.32 Å². The molecule has 0 radical (unpaired) electrons. The van der Waals surface area contributed by atoms with Crippen LogP contribution in [0, 0.1) is 0 Å². The topological polar surface area (TPSA) is 37.8 Å². The molecule has 1 unspecified atom stereocenters. The Morgan fingerprint density at radius 2 is 2.28 bits per heavy atom. The van der Waals surface area contributed by atoms with Crippen LogP contribution in [0.15, 0.2) is 34.5 Å². The molecule has 18 heavy (non-hydrogen) atoms. The average Bonchev–Trinajstić information content (AvgIpc) is 2.88. The van der Waals surface area contributed by atoms with Crippen LogP contribution in [-0.4, -0.2) is 16.5 Å². The molecule has 2 rings (SSSR count). The van der Waals surface area contributed by atoms with E-state index in [1.807, 2.05) is 24.0 Å². The van der Waals surface area contributed by atoms with Gasteiger partial charge in [-0.15, -0.1) is 11.3 Å². The highest BCUT2D eigenvalue weighted by Crippen LogP contribution is 2.20. The van der Waals surface area contributed by atoms with Gasteiger partial charge in [0.15, 0.2) is 0 Å². The van der Waals surface area contributed by atoms with Crippen molar-refractivity contribution in [2.75, 3.05) is 6.54 Å². The lowest BCUT2D eigenvalue weighted by molar-refractivity contribution is 0.520. The zero-order valence-electron chi connectivity index (χ0n) is 10.3. The number of pyridine rings is 1. The fraction of sp³-hybridized carbons (Fsp3) is 0.385. The highest BCUT2D eigenvalue weighted by Gasteiger charge is 2.13. The lowest BCUT2D eigenvalue weighted by Gasteiger charge is -2.17. The summed E-state index contributed by atoms with van der Waals surface area (Å²) in [7, 11) is 0. The van der Waals surface area contributed by atoms with Gasteiger partial charge in [-0.25, -0.2) is 0 Å². The number of hydrogen-bond acceptors (Lipinski definition) is 4. The molecule has 2 aromatic rings. The maximum absolute atomic E-state index is 4.49. The summed E-state index contributed by atoms with van der Waals surface area (Å²) in [5, 5.41) is 3.54. The van der Waals surface area contributed by atoms with E-state index >= 15 is 0 Å². The second-order valence-corrected chi connectivity index (χ2v) is 5.97. The van der Waals surface area contributed by atoms with E-state index in [1.54, 1.807) is 11.3 Å². The van der Waals surface area contributed by atoms with Crippen LogP contribution in [0.5, 0.6) is 0 Å². The minimum Gasteiger partial charge on any atom is -0.308 e. The summed E-state index contributed by atoms with van der Waals surface area (Å²) >= 11 is 5.11. The quantitative estimate of drug-likeness (QED) is 0.882. The van der Waals surface area contributed by atoms with E-state index in [-0.39, 0.29) is 6.04 Å². The first-order valence-electron chi connectivity index (χ1n) is 6.01. The molecule has 0 bridgehead atoms. The van der Waals surface area contributed by atoms with Crippen LogP contribution in [-0.2, 0) is 6.42 Å². The number of rotatable bonds is 6. The Morgan fingerprint density at radius 3 is 2.89 bits per heavy atom. The highest BCUT2D eigenvalue weighted by molar-refractivity contribution is 9.10. The maximum Gasteiger partial charge on any atom is 0.0794 e. The van der Waals surface area contributed by atoms with Gasteiger partial charge in [-0.05, 0) is 41.0 Å². The van der Waals surface area contributed by atoms with Gasteiger partial charge in [0.1, 0.15) is 0 Å². The standard InChI is InChI=1S/C13H16BrN3S/c1-2-5-16-13(6-11-8-15-9-18-11)12-4-3-10(14)7-17-12/h3-4,7-9,13,16H,2,5-6H2,1H3. The van der Waals surface area contributed by atoms with E-state index < -0.39 is 0 Å². The molecule has 0 aliphatic heterocycles. The normalized spacial score (nSPS) is 12.6. The number of hydrogen-bond donors (Lipinski definition) is 1. The minimum absolute atomic E-state index is 0.262.